The van der Waals surface area contributed by atoms with Crippen LogP contribution < -0.4 is 11.1 Å². The molecule has 0 aliphatic rings. The van der Waals surface area contributed by atoms with Gasteiger partial charge in [0.15, 0.2) is 0 Å². The van der Waals surface area contributed by atoms with Crippen molar-refractivity contribution in [3.8, 4) is 0 Å². The number of benzene rings is 1. The normalized spacial score (nSPS) is 13.2. The van der Waals surface area contributed by atoms with Gasteiger partial charge in [0.25, 0.3) is 0 Å². The molecule has 5 heteroatoms. The van der Waals surface area contributed by atoms with Gasteiger partial charge in [0.05, 0.1) is 5.54 Å². The smallest absolute Gasteiger partial charge is 0.239 e. The average molecular weight is 319 g/mol. The molecule has 1 amide bonds. The molecular weight excluding hydrogens is 295 g/mol. The summed E-state index contributed by atoms with van der Waals surface area (Å²) in [5, 5.41) is 3.65. The number of hydrogen-bond donors (Lipinski definition) is 2. The molecule has 0 fully saturated rings. The van der Waals surface area contributed by atoms with E-state index in [1.807, 2.05) is 31.2 Å². The van der Waals surface area contributed by atoms with Crippen LogP contribution in [0.2, 0.25) is 5.02 Å². The predicted molar refractivity (Wildman–Crippen MR) is 87.5 cm³/mol. The zero-order valence-electron chi connectivity index (χ0n) is 12.1. The Morgan fingerprint density at radius 1 is 1.35 bits per heavy atom. The fourth-order valence-electron chi connectivity index (χ4n) is 1.98. The number of rotatable bonds is 7. The van der Waals surface area contributed by atoms with E-state index in [0.717, 1.165) is 24.3 Å². The third-order valence-corrected chi connectivity index (χ3v) is 3.38. The lowest BCUT2D eigenvalue weighted by Gasteiger charge is -2.22. The number of nitrogens with one attached hydrogen (secondary N) is 1. The highest BCUT2D eigenvalue weighted by molar-refractivity contribution is 6.30. The minimum absolute atomic E-state index is 0. The molecular formula is C15H24Cl2N2O. The number of amides is 1. The molecule has 0 heterocycles. The van der Waals surface area contributed by atoms with Crippen molar-refractivity contribution in [1.29, 1.82) is 0 Å². The molecule has 0 saturated carbocycles. The third kappa shape index (κ3) is 6.60. The molecule has 0 aliphatic carbocycles. The van der Waals surface area contributed by atoms with Crippen molar-refractivity contribution in [1.82, 2.24) is 5.32 Å². The van der Waals surface area contributed by atoms with Gasteiger partial charge in [-0.15, -0.1) is 12.4 Å². The van der Waals surface area contributed by atoms with E-state index in [1.54, 1.807) is 6.92 Å². The molecule has 1 rings (SSSR count). The largest absolute Gasteiger partial charge is 0.355 e. The second-order valence-corrected chi connectivity index (χ2v) is 5.59. The number of hydrogen-bond acceptors (Lipinski definition) is 2. The predicted octanol–water partition coefficient (Wildman–Crippen LogP) is 3.33. The summed E-state index contributed by atoms with van der Waals surface area (Å²) in [6, 6.07) is 7.78. The first kappa shape index (κ1) is 19.2. The van der Waals surface area contributed by atoms with Gasteiger partial charge < -0.3 is 11.1 Å². The van der Waals surface area contributed by atoms with Crippen LogP contribution in [0.5, 0.6) is 0 Å². The van der Waals surface area contributed by atoms with Crippen molar-refractivity contribution in [3.63, 3.8) is 0 Å². The summed E-state index contributed by atoms with van der Waals surface area (Å²) in [5.41, 5.74) is 6.42. The molecule has 0 spiro atoms. The summed E-state index contributed by atoms with van der Waals surface area (Å²) in [7, 11) is 0. The van der Waals surface area contributed by atoms with Crippen molar-refractivity contribution in [2.45, 2.75) is 45.1 Å². The lowest BCUT2D eigenvalue weighted by atomic mass is 9.96. The van der Waals surface area contributed by atoms with Crippen molar-refractivity contribution in [2.75, 3.05) is 6.54 Å². The van der Waals surface area contributed by atoms with Gasteiger partial charge in [-0.2, -0.15) is 0 Å². The molecule has 114 valence electrons. The van der Waals surface area contributed by atoms with E-state index in [0.29, 0.717) is 13.0 Å². The number of carbonyl (C=O) groups is 1. The Morgan fingerprint density at radius 2 is 1.95 bits per heavy atom. The minimum Gasteiger partial charge on any atom is -0.355 e. The van der Waals surface area contributed by atoms with Crippen LogP contribution in [0.1, 0.15) is 38.7 Å². The van der Waals surface area contributed by atoms with Crippen molar-refractivity contribution < 1.29 is 4.79 Å². The van der Waals surface area contributed by atoms with Crippen molar-refractivity contribution in [2.24, 2.45) is 5.73 Å². The molecule has 1 aromatic carbocycles. The van der Waals surface area contributed by atoms with Gasteiger partial charge in [0, 0.05) is 11.6 Å². The Bertz CT molecular complexity index is 405. The zero-order valence-corrected chi connectivity index (χ0v) is 13.7. The quantitative estimate of drug-likeness (QED) is 0.758. The Balaban J connectivity index is 0.00000361. The van der Waals surface area contributed by atoms with Gasteiger partial charge in [-0.05, 0) is 43.9 Å². The van der Waals surface area contributed by atoms with Crippen molar-refractivity contribution >= 4 is 29.9 Å². The monoisotopic (exact) mass is 318 g/mol. The van der Waals surface area contributed by atoms with E-state index in [4.69, 9.17) is 17.3 Å². The Labute approximate surface area is 132 Å². The summed E-state index contributed by atoms with van der Waals surface area (Å²) in [6.07, 6.45) is 3.43. The van der Waals surface area contributed by atoms with Crippen molar-refractivity contribution in [3.05, 3.63) is 34.9 Å². The van der Waals surface area contributed by atoms with Crippen LogP contribution in [0.25, 0.3) is 0 Å². The van der Waals surface area contributed by atoms with Crippen LogP contribution >= 0.6 is 24.0 Å². The molecule has 1 atom stereocenters. The SMILES string of the molecule is CCCC(C)(N)C(=O)NCCCc1ccc(Cl)cc1.Cl. The second-order valence-electron chi connectivity index (χ2n) is 5.15. The molecule has 0 radical (unpaired) electrons. The van der Waals surface area contributed by atoms with Gasteiger partial charge in [-0.25, -0.2) is 0 Å². The van der Waals surface area contributed by atoms with Gasteiger partial charge >= 0.3 is 0 Å². The first-order chi connectivity index (χ1) is 8.95. The number of carbonyl (C=O) groups excluding carboxylic acids is 1. The minimum atomic E-state index is -0.755. The first-order valence-electron chi connectivity index (χ1n) is 6.77. The van der Waals surface area contributed by atoms with E-state index in [2.05, 4.69) is 5.32 Å². The Hall–Kier alpha value is -0.770. The molecule has 20 heavy (non-hydrogen) atoms. The number of halogens is 2. The number of nitrogens with two attached hydrogens (primary N) is 1. The van der Waals surface area contributed by atoms with Crippen LogP contribution in [0.15, 0.2) is 24.3 Å². The summed E-state index contributed by atoms with van der Waals surface area (Å²) in [4.78, 5) is 11.9. The van der Waals surface area contributed by atoms with Gasteiger partial charge in [-0.1, -0.05) is 37.1 Å². The second kappa shape index (κ2) is 9.22. The van der Waals surface area contributed by atoms with Gasteiger partial charge in [0.1, 0.15) is 0 Å². The first-order valence-corrected chi connectivity index (χ1v) is 7.15. The van der Waals surface area contributed by atoms with E-state index >= 15 is 0 Å². The van der Waals surface area contributed by atoms with Crippen LogP contribution in [0.4, 0.5) is 0 Å². The highest BCUT2D eigenvalue weighted by Gasteiger charge is 2.26. The van der Waals surface area contributed by atoms with Crippen LogP contribution in [0, 0.1) is 0 Å². The maximum Gasteiger partial charge on any atom is 0.239 e. The van der Waals surface area contributed by atoms with Crippen LogP contribution in [0.3, 0.4) is 0 Å². The number of aryl methyl sites for hydroxylation is 1. The van der Waals surface area contributed by atoms with E-state index in [-0.39, 0.29) is 18.3 Å². The van der Waals surface area contributed by atoms with Gasteiger partial charge in [-0.3, -0.25) is 4.79 Å². The third-order valence-electron chi connectivity index (χ3n) is 3.13. The topological polar surface area (TPSA) is 55.1 Å². The van der Waals surface area contributed by atoms with E-state index in [1.165, 1.54) is 5.56 Å². The van der Waals surface area contributed by atoms with Gasteiger partial charge in [0.2, 0.25) is 5.91 Å². The lowest BCUT2D eigenvalue weighted by molar-refractivity contribution is -0.126. The summed E-state index contributed by atoms with van der Waals surface area (Å²) >= 11 is 5.82. The molecule has 1 aromatic rings. The van der Waals surface area contributed by atoms with E-state index in [9.17, 15) is 4.79 Å². The zero-order chi connectivity index (χ0) is 14.3. The molecule has 0 aromatic heterocycles. The van der Waals surface area contributed by atoms with Crippen LogP contribution in [-0.4, -0.2) is 18.0 Å². The Morgan fingerprint density at radius 3 is 2.50 bits per heavy atom. The lowest BCUT2D eigenvalue weighted by Crippen LogP contribution is -2.51. The maximum atomic E-state index is 11.9. The van der Waals surface area contributed by atoms with Crippen LogP contribution in [-0.2, 0) is 11.2 Å². The molecule has 0 bridgehead atoms. The fourth-order valence-corrected chi connectivity index (χ4v) is 2.11. The molecule has 1 unspecified atom stereocenters. The van der Waals surface area contributed by atoms with E-state index < -0.39 is 5.54 Å². The Kier molecular flexibility index (Phi) is 8.86. The molecule has 0 saturated heterocycles. The summed E-state index contributed by atoms with van der Waals surface area (Å²) in [6.45, 7) is 4.46. The molecule has 0 aliphatic heterocycles. The molecule has 3 nitrogen and oxygen atoms in total. The summed E-state index contributed by atoms with van der Waals surface area (Å²) < 4.78 is 0. The maximum absolute atomic E-state index is 11.9. The average Bonchev–Trinajstić information content (AvgIpc) is 2.36. The fraction of sp³-hybridized carbons (Fsp3) is 0.533. The highest BCUT2D eigenvalue weighted by atomic mass is 35.5. The summed E-state index contributed by atoms with van der Waals surface area (Å²) in [5.74, 6) is -0.0644. The molecule has 3 N–H and O–H groups in total. The highest BCUT2D eigenvalue weighted by Crippen LogP contribution is 2.11. The standard InChI is InChI=1S/C15H23ClN2O.ClH/c1-3-10-15(2,17)14(19)18-11-4-5-12-6-8-13(16)9-7-12;/h6-9H,3-5,10-11,17H2,1-2H3,(H,18,19);1H.